The van der Waals surface area contributed by atoms with Crippen LogP contribution in [-0.2, 0) is 16.6 Å². The highest BCUT2D eigenvalue weighted by Crippen LogP contribution is 2.18. The second-order valence-corrected chi connectivity index (χ2v) is 8.03. The predicted octanol–water partition coefficient (Wildman–Crippen LogP) is 2.19. The lowest BCUT2D eigenvalue weighted by Crippen LogP contribution is -2.27. The molecule has 0 radical (unpaired) electrons. The maximum Gasteiger partial charge on any atom is 0.256 e. The SMILES string of the molecule is CNS(=O)(=O)c1ccc(F)c(C(=O)N(C)Cc2cnn(-c3ccccc3)c2)c1. The molecule has 1 heterocycles. The van der Waals surface area contributed by atoms with Crippen LogP contribution in [0.25, 0.3) is 5.69 Å². The number of amides is 1. The third kappa shape index (κ3) is 4.10. The standard InChI is InChI=1S/C19H19FN4O3S/c1-21-28(26,27)16-8-9-18(20)17(10-16)19(25)23(2)12-14-11-22-24(13-14)15-6-4-3-5-7-15/h3-11,13,21H,12H2,1-2H3. The molecule has 1 N–H and O–H groups in total. The maximum atomic E-state index is 14.2. The van der Waals surface area contributed by atoms with E-state index < -0.39 is 21.7 Å². The van der Waals surface area contributed by atoms with Gasteiger partial charge in [0.1, 0.15) is 5.82 Å². The molecule has 3 aromatic rings. The van der Waals surface area contributed by atoms with E-state index in [1.807, 2.05) is 30.3 Å². The summed E-state index contributed by atoms with van der Waals surface area (Å²) < 4.78 is 41.8. The molecule has 0 saturated carbocycles. The predicted molar refractivity (Wildman–Crippen MR) is 102 cm³/mol. The molecule has 0 spiro atoms. The minimum atomic E-state index is -3.78. The number of sulfonamides is 1. The highest BCUT2D eigenvalue weighted by atomic mass is 32.2. The molecule has 7 nitrogen and oxygen atoms in total. The summed E-state index contributed by atoms with van der Waals surface area (Å²) in [5.41, 5.74) is 1.31. The smallest absolute Gasteiger partial charge is 0.256 e. The average Bonchev–Trinajstić information content (AvgIpc) is 3.16. The second-order valence-electron chi connectivity index (χ2n) is 6.14. The maximum absolute atomic E-state index is 14.2. The van der Waals surface area contributed by atoms with Crippen molar-refractivity contribution < 1.29 is 17.6 Å². The number of benzene rings is 2. The minimum Gasteiger partial charge on any atom is -0.337 e. The fourth-order valence-electron chi connectivity index (χ4n) is 2.67. The van der Waals surface area contributed by atoms with Gasteiger partial charge in [-0.25, -0.2) is 22.2 Å². The van der Waals surface area contributed by atoms with Gasteiger partial charge in [0.15, 0.2) is 0 Å². The lowest BCUT2D eigenvalue weighted by molar-refractivity contribution is 0.0780. The molecular weight excluding hydrogens is 383 g/mol. The van der Waals surface area contributed by atoms with Crippen LogP contribution < -0.4 is 4.72 Å². The fraction of sp³-hybridized carbons (Fsp3) is 0.158. The van der Waals surface area contributed by atoms with E-state index in [9.17, 15) is 17.6 Å². The van der Waals surface area contributed by atoms with Gasteiger partial charge in [0.25, 0.3) is 5.91 Å². The molecule has 0 bridgehead atoms. The molecule has 9 heteroatoms. The molecule has 3 rings (SSSR count). The van der Waals surface area contributed by atoms with Crippen LogP contribution >= 0.6 is 0 Å². The number of aromatic nitrogens is 2. The van der Waals surface area contributed by atoms with E-state index in [1.54, 1.807) is 17.1 Å². The number of para-hydroxylation sites is 1. The molecule has 0 aliphatic carbocycles. The topological polar surface area (TPSA) is 84.3 Å². The van der Waals surface area contributed by atoms with E-state index >= 15 is 0 Å². The van der Waals surface area contributed by atoms with Crippen LogP contribution in [0.2, 0.25) is 0 Å². The summed E-state index contributed by atoms with van der Waals surface area (Å²) in [5, 5.41) is 4.26. The number of nitrogens with one attached hydrogen (secondary N) is 1. The molecule has 0 aliphatic heterocycles. The van der Waals surface area contributed by atoms with Crippen LogP contribution in [0.4, 0.5) is 4.39 Å². The molecule has 2 aromatic carbocycles. The Hall–Kier alpha value is -3.04. The number of hydrogen-bond acceptors (Lipinski definition) is 4. The van der Waals surface area contributed by atoms with E-state index in [0.29, 0.717) is 0 Å². The third-order valence-corrected chi connectivity index (χ3v) is 5.58. The Balaban J connectivity index is 1.80. The van der Waals surface area contributed by atoms with E-state index in [-0.39, 0.29) is 17.0 Å². The number of carbonyl (C=O) groups is 1. The van der Waals surface area contributed by atoms with Crippen LogP contribution in [0.5, 0.6) is 0 Å². The Bertz CT molecular complexity index is 1100. The fourth-order valence-corrected chi connectivity index (χ4v) is 3.42. The Kier molecular flexibility index (Phi) is 5.57. The van der Waals surface area contributed by atoms with Gasteiger partial charge in [0.05, 0.1) is 22.3 Å². The number of hydrogen-bond donors (Lipinski definition) is 1. The number of rotatable bonds is 6. The summed E-state index contributed by atoms with van der Waals surface area (Å²) in [6.07, 6.45) is 3.40. The first-order chi connectivity index (χ1) is 13.3. The van der Waals surface area contributed by atoms with Crippen molar-refractivity contribution >= 4 is 15.9 Å². The summed E-state index contributed by atoms with van der Waals surface area (Å²) in [5.74, 6) is -1.41. The summed E-state index contributed by atoms with van der Waals surface area (Å²) in [6, 6.07) is 12.6. The summed E-state index contributed by atoms with van der Waals surface area (Å²) in [7, 11) is -1.02. The van der Waals surface area contributed by atoms with Gasteiger partial charge in [-0.2, -0.15) is 5.10 Å². The van der Waals surface area contributed by atoms with Crippen LogP contribution in [-0.4, -0.2) is 43.1 Å². The molecule has 1 aromatic heterocycles. The van der Waals surface area contributed by atoms with Crippen molar-refractivity contribution in [2.45, 2.75) is 11.4 Å². The van der Waals surface area contributed by atoms with Gasteiger partial charge in [-0.1, -0.05) is 18.2 Å². The van der Waals surface area contributed by atoms with Crippen molar-refractivity contribution in [3.63, 3.8) is 0 Å². The monoisotopic (exact) mass is 402 g/mol. The van der Waals surface area contributed by atoms with Crippen LogP contribution in [0, 0.1) is 5.82 Å². The van der Waals surface area contributed by atoms with Crippen molar-refractivity contribution in [1.82, 2.24) is 19.4 Å². The van der Waals surface area contributed by atoms with Crippen LogP contribution in [0.15, 0.2) is 65.8 Å². The zero-order valence-electron chi connectivity index (χ0n) is 15.3. The van der Waals surface area contributed by atoms with E-state index in [1.165, 1.54) is 19.0 Å². The second kappa shape index (κ2) is 7.91. The first kappa shape index (κ1) is 19.7. The zero-order chi connectivity index (χ0) is 20.3. The molecule has 0 fully saturated rings. The molecule has 146 valence electrons. The van der Waals surface area contributed by atoms with Crippen molar-refractivity contribution in [2.24, 2.45) is 0 Å². The molecular formula is C19H19FN4O3S. The van der Waals surface area contributed by atoms with Gasteiger partial charge in [-0.15, -0.1) is 0 Å². The van der Waals surface area contributed by atoms with E-state index in [2.05, 4.69) is 9.82 Å². The zero-order valence-corrected chi connectivity index (χ0v) is 16.1. The molecule has 0 atom stereocenters. The normalized spacial score (nSPS) is 11.4. The van der Waals surface area contributed by atoms with Crippen LogP contribution in [0.3, 0.4) is 0 Å². The number of nitrogens with zero attached hydrogens (tertiary/aromatic N) is 3. The molecule has 0 unspecified atom stereocenters. The first-order valence-corrected chi connectivity index (χ1v) is 9.87. The van der Waals surface area contributed by atoms with Gasteiger partial charge < -0.3 is 4.90 Å². The molecule has 28 heavy (non-hydrogen) atoms. The Morgan fingerprint density at radius 1 is 1.21 bits per heavy atom. The minimum absolute atomic E-state index is 0.176. The van der Waals surface area contributed by atoms with Gasteiger partial charge >= 0.3 is 0 Å². The van der Waals surface area contributed by atoms with Crippen molar-refractivity contribution in [2.75, 3.05) is 14.1 Å². The van der Waals surface area contributed by atoms with Crippen molar-refractivity contribution in [3.8, 4) is 5.69 Å². The van der Waals surface area contributed by atoms with E-state index in [0.717, 1.165) is 29.4 Å². The number of carbonyl (C=O) groups excluding carboxylic acids is 1. The summed E-state index contributed by atoms with van der Waals surface area (Å²) in [6.45, 7) is 0.189. The number of halogens is 1. The van der Waals surface area contributed by atoms with Gasteiger partial charge in [-0.05, 0) is 37.4 Å². The Morgan fingerprint density at radius 2 is 1.93 bits per heavy atom. The molecule has 1 amide bonds. The summed E-state index contributed by atoms with van der Waals surface area (Å²) in [4.78, 5) is 13.8. The Morgan fingerprint density at radius 3 is 2.61 bits per heavy atom. The lowest BCUT2D eigenvalue weighted by Gasteiger charge is -2.17. The first-order valence-electron chi connectivity index (χ1n) is 8.39. The largest absolute Gasteiger partial charge is 0.337 e. The van der Waals surface area contributed by atoms with Crippen LogP contribution in [0.1, 0.15) is 15.9 Å². The third-order valence-electron chi connectivity index (χ3n) is 4.17. The lowest BCUT2D eigenvalue weighted by atomic mass is 10.2. The van der Waals surface area contributed by atoms with Gasteiger partial charge in [0, 0.05) is 25.4 Å². The average molecular weight is 402 g/mol. The van der Waals surface area contributed by atoms with Crippen molar-refractivity contribution in [3.05, 3.63) is 77.9 Å². The van der Waals surface area contributed by atoms with Gasteiger partial charge in [0.2, 0.25) is 10.0 Å². The van der Waals surface area contributed by atoms with E-state index in [4.69, 9.17) is 0 Å². The quantitative estimate of drug-likeness (QED) is 0.685. The molecule has 0 saturated heterocycles. The molecule has 0 aliphatic rings. The highest BCUT2D eigenvalue weighted by Gasteiger charge is 2.21. The highest BCUT2D eigenvalue weighted by molar-refractivity contribution is 7.89. The summed E-state index contributed by atoms with van der Waals surface area (Å²) >= 11 is 0. The van der Waals surface area contributed by atoms with Crippen molar-refractivity contribution in [1.29, 1.82) is 0 Å². The van der Waals surface area contributed by atoms with Gasteiger partial charge in [-0.3, -0.25) is 4.79 Å². The Labute approximate surface area is 162 Å².